The summed E-state index contributed by atoms with van der Waals surface area (Å²) in [5.41, 5.74) is 6.44. The van der Waals surface area contributed by atoms with E-state index >= 15 is 0 Å². The molecule has 0 bridgehead atoms. The van der Waals surface area contributed by atoms with Gasteiger partial charge in [-0.15, -0.1) is 0 Å². The summed E-state index contributed by atoms with van der Waals surface area (Å²) in [6, 6.07) is 16.1. The van der Waals surface area contributed by atoms with Crippen LogP contribution in [0.15, 0.2) is 71.6 Å². The largest absolute Gasteiger partial charge is 0.337 e. The average Bonchev–Trinajstić information content (AvgIpc) is 3.39. The molecule has 1 N–H and O–H groups in total. The van der Waals surface area contributed by atoms with Crippen molar-refractivity contribution in [3.05, 3.63) is 71.6 Å². The zero-order valence-corrected chi connectivity index (χ0v) is 17.6. The quantitative estimate of drug-likeness (QED) is 0.351. The number of benzene rings is 2. The SMILES string of the molecule is Cn1cc(-c2nc3c4cccnc4c4ncccc4c3[nH]2)c(-c2ccc(Br)cc2)n1. The van der Waals surface area contributed by atoms with E-state index in [0.717, 1.165) is 60.0 Å². The third-order valence-corrected chi connectivity index (χ3v) is 5.80. The zero-order chi connectivity index (χ0) is 20.2. The molecule has 0 amide bonds. The number of fused-ring (bicyclic) bond motifs is 6. The summed E-state index contributed by atoms with van der Waals surface area (Å²) < 4.78 is 2.85. The van der Waals surface area contributed by atoms with Gasteiger partial charge < -0.3 is 4.98 Å². The molecule has 6 rings (SSSR count). The van der Waals surface area contributed by atoms with E-state index in [1.807, 2.05) is 48.3 Å². The lowest BCUT2D eigenvalue weighted by molar-refractivity contribution is 0.771. The molecule has 0 aliphatic rings. The fraction of sp³-hybridized carbons (Fsp3) is 0.0435. The minimum atomic E-state index is 0.775. The smallest absolute Gasteiger partial charge is 0.142 e. The Kier molecular flexibility index (Phi) is 3.73. The number of H-pyrrole nitrogens is 1. The molecule has 144 valence electrons. The van der Waals surface area contributed by atoms with Gasteiger partial charge in [-0.05, 0) is 36.4 Å². The summed E-state index contributed by atoms with van der Waals surface area (Å²) in [5, 5.41) is 6.69. The van der Waals surface area contributed by atoms with Crippen molar-refractivity contribution < 1.29 is 0 Å². The van der Waals surface area contributed by atoms with E-state index in [1.165, 1.54) is 0 Å². The molecule has 6 aromatic rings. The molecular formula is C23H15BrN6. The molecule has 7 heteroatoms. The molecule has 0 saturated carbocycles. The van der Waals surface area contributed by atoms with Crippen LogP contribution in [0.2, 0.25) is 0 Å². The first kappa shape index (κ1) is 17.3. The second-order valence-corrected chi connectivity index (χ2v) is 8.10. The molecule has 0 aliphatic heterocycles. The molecule has 0 spiro atoms. The van der Waals surface area contributed by atoms with Crippen LogP contribution in [0.3, 0.4) is 0 Å². The molecule has 0 radical (unpaired) electrons. The van der Waals surface area contributed by atoms with Gasteiger partial charge in [0.25, 0.3) is 0 Å². The van der Waals surface area contributed by atoms with E-state index in [-0.39, 0.29) is 0 Å². The van der Waals surface area contributed by atoms with Crippen molar-refractivity contribution in [2.24, 2.45) is 7.05 Å². The second kappa shape index (κ2) is 6.47. The Hall–Kier alpha value is -3.58. The Bertz CT molecular complexity index is 1490. The standard InChI is InChI=1S/C23H15BrN6/c1-30-12-17(18(29-30)13-6-8-14(24)9-7-13)23-27-21-15-4-2-10-25-19(15)20-16(22(21)28-23)5-3-11-26-20/h2-12H,1H3,(H,27,28). The Morgan fingerprint density at radius 1 is 0.867 bits per heavy atom. The van der Waals surface area contributed by atoms with E-state index in [9.17, 15) is 0 Å². The van der Waals surface area contributed by atoms with Crippen LogP contribution in [0.1, 0.15) is 0 Å². The van der Waals surface area contributed by atoms with Gasteiger partial charge in [-0.3, -0.25) is 14.6 Å². The molecule has 30 heavy (non-hydrogen) atoms. The van der Waals surface area contributed by atoms with Crippen molar-refractivity contribution in [2.75, 3.05) is 0 Å². The molecule has 0 fully saturated rings. The van der Waals surface area contributed by atoms with Gasteiger partial charge in [0.2, 0.25) is 0 Å². The molecule has 0 unspecified atom stereocenters. The number of rotatable bonds is 2. The van der Waals surface area contributed by atoms with Gasteiger partial charge in [0.1, 0.15) is 11.5 Å². The Morgan fingerprint density at radius 3 is 2.33 bits per heavy atom. The summed E-state index contributed by atoms with van der Waals surface area (Å²) in [6.07, 6.45) is 5.59. The monoisotopic (exact) mass is 454 g/mol. The Morgan fingerprint density at radius 2 is 1.57 bits per heavy atom. The number of hydrogen-bond acceptors (Lipinski definition) is 4. The fourth-order valence-corrected chi connectivity index (χ4v) is 4.22. The molecule has 0 aliphatic carbocycles. The summed E-state index contributed by atoms with van der Waals surface area (Å²) in [5.74, 6) is 0.775. The number of nitrogens with zero attached hydrogens (tertiary/aromatic N) is 5. The number of aromatic amines is 1. The van der Waals surface area contributed by atoms with Crippen molar-refractivity contribution >= 4 is 48.8 Å². The first-order valence-corrected chi connectivity index (χ1v) is 10.3. The van der Waals surface area contributed by atoms with Gasteiger partial charge in [-0.1, -0.05) is 28.1 Å². The van der Waals surface area contributed by atoms with Gasteiger partial charge in [-0.2, -0.15) is 5.10 Å². The third-order valence-electron chi connectivity index (χ3n) is 5.27. The van der Waals surface area contributed by atoms with Gasteiger partial charge in [0.05, 0.1) is 27.6 Å². The lowest BCUT2D eigenvalue weighted by Crippen LogP contribution is -1.87. The highest BCUT2D eigenvalue weighted by Crippen LogP contribution is 2.35. The van der Waals surface area contributed by atoms with E-state index in [4.69, 9.17) is 10.1 Å². The Balaban J connectivity index is 1.67. The van der Waals surface area contributed by atoms with Crippen LogP contribution in [0.25, 0.3) is 55.5 Å². The molecule has 4 aromatic heterocycles. The maximum atomic E-state index is 4.99. The van der Waals surface area contributed by atoms with Gasteiger partial charge in [0, 0.05) is 46.4 Å². The van der Waals surface area contributed by atoms with Crippen molar-refractivity contribution in [3.8, 4) is 22.6 Å². The highest BCUT2D eigenvalue weighted by molar-refractivity contribution is 9.10. The predicted molar refractivity (Wildman–Crippen MR) is 122 cm³/mol. The highest BCUT2D eigenvalue weighted by atomic mass is 79.9. The van der Waals surface area contributed by atoms with Crippen molar-refractivity contribution in [3.63, 3.8) is 0 Å². The summed E-state index contributed by atoms with van der Waals surface area (Å²) in [6.45, 7) is 0. The van der Waals surface area contributed by atoms with E-state index in [2.05, 4.69) is 49.1 Å². The number of aryl methyl sites for hydroxylation is 1. The number of pyridine rings is 2. The topological polar surface area (TPSA) is 72.3 Å². The first-order valence-electron chi connectivity index (χ1n) is 9.50. The molecule has 4 heterocycles. The minimum Gasteiger partial charge on any atom is -0.337 e. The van der Waals surface area contributed by atoms with Gasteiger partial charge in [-0.25, -0.2) is 4.98 Å². The van der Waals surface area contributed by atoms with Crippen LogP contribution in [0.4, 0.5) is 0 Å². The fourth-order valence-electron chi connectivity index (χ4n) is 3.95. The second-order valence-electron chi connectivity index (χ2n) is 7.18. The molecule has 2 aromatic carbocycles. The van der Waals surface area contributed by atoms with Gasteiger partial charge >= 0.3 is 0 Å². The van der Waals surface area contributed by atoms with Crippen LogP contribution in [0, 0.1) is 0 Å². The van der Waals surface area contributed by atoms with Gasteiger partial charge in [0.15, 0.2) is 0 Å². The molecule has 0 atom stereocenters. The first-order chi connectivity index (χ1) is 14.7. The maximum absolute atomic E-state index is 4.99. The van der Waals surface area contributed by atoms with Crippen LogP contribution in [-0.4, -0.2) is 29.7 Å². The molecule has 0 saturated heterocycles. The lowest BCUT2D eigenvalue weighted by Gasteiger charge is -2.03. The number of halogens is 1. The molecular weight excluding hydrogens is 440 g/mol. The zero-order valence-electron chi connectivity index (χ0n) is 16.0. The summed E-state index contributed by atoms with van der Waals surface area (Å²) in [4.78, 5) is 17.7. The number of hydrogen-bond donors (Lipinski definition) is 1. The summed E-state index contributed by atoms with van der Waals surface area (Å²) in [7, 11) is 1.92. The van der Waals surface area contributed by atoms with Crippen LogP contribution in [0.5, 0.6) is 0 Å². The van der Waals surface area contributed by atoms with E-state index in [1.54, 1.807) is 12.4 Å². The van der Waals surface area contributed by atoms with E-state index < -0.39 is 0 Å². The normalized spacial score (nSPS) is 11.7. The predicted octanol–water partition coefficient (Wildman–Crippen LogP) is 5.49. The minimum absolute atomic E-state index is 0.775. The average molecular weight is 455 g/mol. The maximum Gasteiger partial charge on any atom is 0.142 e. The van der Waals surface area contributed by atoms with E-state index in [0.29, 0.717) is 0 Å². The number of nitrogens with one attached hydrogen (secondary N) is 1. The summed E-state index contributed by atoms with van der Waals surface area (Å²) >= 11 is 3.50. The Labute approximate surface area is 179 Å². The van der Waals surface area contributed by atoms with Crippen molar-refractivity contribution in [1.29, 1.82) is 0 Å². The third kappa shape index (κ3) is 2.55. The van der Waals surface area contributed by atoms with Crippen LogP contribution in [-0.2, 0) is 7.05 Å². The van der Waals surface area contributed by atoms with Crippen molar-refractivity contribution in [1.82, 2.24) is 29.7 Å². The molecule has 6 nitrogen and oxygen atoms in total. The highest BCUT2D eigenvalue weighted by Gasteiger charge is 2.19. The van der Waals surface area contributed by atoms with Crippen LogP contribution >= 0.6 is 15.9 Å². The lowest BCUT2D eigenvalue weighted by atomic mass is 10.1. The number of imidazole rings is 1. The van der Waals surface area contributed by atoms with Crippen LogP contribution < -0.4 is 0 Å². The van der Waals surface area contributed by atoms with Crippen molar-refractivity contribution in [2.45, 2.75) is 0 Å². The number of aromatic nitrogens is 6.